The summed E-state index contributed by atoms with van der Waals surface area (Å²) in [6.45, 7) is 16.5. The lowest BCUT2D eigenvalue weighted by Gasteiger charge is -2.47. The average Bonchev–Trinajstić information content (AvgIpc) is 3.65. The third-order valence-corrected chi connectivity index (χ3v) is 15.8. The molecule has 62 heavy (non-hydrogen) atoms. The topological polar surface area (TPSA) is 9.72 Å². The van der Waals surface area contributed by atoms with E-state index in [0.29, 0.717) is 6.04 Å². The molecule has 312 valence electrons. The summed E-state index contributed by atoms with van der Waals surface area (Å²) in [4.78, 5) is 9.68. The molecular weight excluding hydrogens is 770 g/mol. The van der Waals surface area contributed by atoms with Crippen molar-refractivity contribution in [1.82, 2.24) is 0 Å². The second kappa shape index (κ2) is 14.9. The van der Waals surface area contributed by atoms with E-state index in [1.54, 1.807) is 10.4 Å². The number of fused-ring (bicyclic) bond motifs is 7. The fourth-order valence-electron chi connectivity index (χ4n) is 11.5. The zero-order valence-electron chi connectivity index (χ0n) is 37.8. The first kappa shape index (κ1) is 39.6. The summed E-state index contributed by atoms with van der Waals surface area (Å²) >= 11 is 2.12. The highest BCUT2D eigenvalue weighted by atomic mass is 32.1. The van der Waals surface area contributed by atoms with E-state index in [0.717, 1.165) is 6.42 Å². The van der Waals surface area contributed by atoms with Crippen LogP contribution in [-0.4, -0.2) is 12.8 Å². The number of thiophene rings is 1. The highest BCUT2D eigenvalue weighted by Gasteiger charge is 2.47. The Morgan fingerprint density at radius 2 is 1.32 bits per heavy atom. The van der Waals surface area contributed by atoms with Gasteiger partial charge in [-0.05, 0) is 149 Å². The number of nitrogens with zero attached hydrogens (tertiary/aromatic N) is 3. The van der Waals surface area contributed by atoms with Crippen molar-refractivity contribution < 1.29 is 0 Å². The van der Waals surface area contributed by atoms with Gasteiger partial charge in [0.25, 0.3) is 6.71 Å². The van der Waals surface area contributed by atoms with Gasteiger partial charge in [0.15, 0.2) is 0 Å². The third-order valence-electron chi connectivity index (χ3n) is 14.5. The molecule has 0 spiro atoms. The summed E-state index contributed by atoms with van der Waals surface area (Å²) in [7, 11) is 0. The van der Waals surface area contributed by atoms with Crippen molar-refractivity contribution in [3.63, 3.8) is 0 Å². The van der Waals surface area contributed by atoms with Crippen LogP contribution in [0.1, 0.15) is 114 Å². The van der Waals surface area contributed by atoms with Gasteiger partial charge in [-0.2, -0.15) is 11.3 Å². The van der Waals surface area contributed by atoms with Gasteiger partial charge in [0.05, 0.1) is 11.4 Å². The lowest BCUT2D eigenvalue weighted by atomic mass is 9.36. The summed E-state index contributed by atoms with van der Waals surface area (Å²) in [5.74, 6) is 0. The molecule has 5 heteroatoms. The Labute approximate surface area is 374 Å². The van der Waals surface area contributed by atoms with Gasteiger partial charge >= 0.3 is 0 Å². The van der Waals surface area contributed by atoms with Gasteiger partial charge in [-0.3, -0.25) is 0 Å². The zero-order chi connectivity index (χ0) is 42.5. The Balaban J connectivity index is 1.18. The van der Waals surface area contributed by atoms with Gasteiger partial charge in [0.1, 0.15) is 0 Å². The van der Waals surface area contributed by atoms with E-state index >= 15 is 0 Å². The fourth-order valence-corrected chi connectivity index (χ4v) is 13.0. The van der Waals surface area contributed by atoms with E-state index in [1.807, 2.05) is 0 Å². The fraction of sp³-hybridized carbons (Fsp3) is 0.333. The molecule has 6 aromatic carbocycles. The van der Waals surface area contributed by atoms with Gasteiger partial charge in [-0.15, -0.1) is 0 Å². The first-order chi connectivity index (χ1) is 30.0. The Morgan fingerprint density at radius 1 is 0.629 bits per heavy atom. The van der Waals surface area contributed by atoms with Crippen LogP contribution in [-0.2, 0) is 23.7 Å². The number of hydrogen-bond donors (Lipinski definition) is 0. The van der Waals surface area contributed by atoms with Gasteiger partial charge in [0.2, 0.25) is 0 Å². The molecule has 0 N–H and O–H groups in total. The minimum absolute atomic E-state index is 0.0178. The van der Waals surface area contributed by atoms with Crippen LogP contribution >= 0.6 is 11.3 Å². The van der Waals surface area contributed by atoms with Crippen LogP contribution in [0.15, 0.2) is 121 Å². The molecule has 2 aliphatic carbocycles. The minimum atomic E-state index is 0.0178. The van der Waals surface area contributed by atoms with Gasteiger partial charge < -0.3 is 14.7 Å². The number of aryl methyl sites for hydroxylation is 2. The number of rotatable bonds is 5. The molecule has 1 saturated carbocycles. The van der Waals surface area contributed by atoms with E-state index < -0.39 is 0 Å². The van der Waals surface area contributed by atoms with Crippen LogP contribution in [0, 0.1) is 6.92 Å². The monoisotopic (exact) mass is 829 g/mol. The first-order valence-electron chi connectivity index (χ1n) is 23.5. The Morgan fingerprint density at radius 3 is 2.06 bits per heavy atom. The second-order valence-corrected chi connectivity index (χ2v) is 21.8. The van der Waals surface area contributed by atoms with Crippen LogP contribution in [0.25, 0.3) is 10.8 Å². The van der Waals surface area contributed by atoms with Crippen molar-refractivity contribution in [2.45, 2.75) is 123 Å². The normalized spacial score (nSPS) is 16.2. The van der Waals surface area contributed by atoms with Crippen molar-refractivity contribution in [2.75, 3.05) is 14.7 Å². The largest absolute Gasteiger partial charge is 0.339 e. The summed E-state index contributed by atoms with van der Waals surface area (Å²) in [6, 6.07) is 47.6. The van der Waals surface area contributed by atoms with Crippen molar-refractivity contribution in [3.05, 3.63) is 148 Å². The Kier molecular flexibility index (Phi) is 9.54. The standard InChI is InChI=1S/C57H60BN3S/c1-37-34-50-53-51(35-37)61(40-20-12-9-13-21-40)54-45-24-16-17-25-52(45)62-55(54)58(53)47-32-30-42(36-49(47)60(50)39-18-10-8-11-19-39)59(41-28-26-38(27-29-41)56(2,3)4)48-33-31-46(57(5,6)7)43-22-14-15-23-44(43)48/h9,12-15,20-23,26-36,39H,8,10-11,16-19,24-25H2,1-7H3. The van der Waals surface area contributed by atoms with E-state index in [9.17, 15) is 0 Å². The van der Waals surface area contributed by atoms with Crippen molar-refractivity contribution >= 4 is 90.0 Å². The smallest absolute Gasteiger partial charge is 0.264 e. The van der Waals surface area contributed by atoms with Gasteiger partial charge in [-0.1, -0.05) is 128 Å². The maximum absolute atomic E-state index is 2.84. The molecule has 11 rings (SSSR count). The van der Waals surface area contributed by atoms with E-state index in [2.05, 4.69) is 196 Å². The Hall–Kier alpha value is -5.26. The molecule has 2 aliphatic heterocycles. The summed E-state index contributed by atoms with van der Waals surface area (Å²) in [5.41, 5.74) is 19.2. The van der Waals surface area contributed by atoms with Crippen LogP contribution in [0.4, 0.5) is 45.5 Å². The minimum Gasteiger partial charge on any atom is -0.339 e. The van der Waals surface area contributed by atoms with Crippen molar-refractivity contribution in [2.24, 2.45) is 0 Å². The van der Waals surface area contributed by atoms with Crippen LogP contribution in [0.2, 0.25) is 0 Å². The quantitative estimate of drug-likeness (QED) is 0.160. The number of benzene rings is 6. The molecule has 0 bridgehead atoms. The molecule has 1 fully saturated rings. The molecular formula is C57H60BN3S. The molecule has 7 aromatic rings. The SMILES string of the molecule is Cc1cc2c3c(c1)N(C1CCCCC1)c1cc(N(c4ccc(C(C)(C)C)cc4)c4ccc(C(C)(C)C)c5ccccc45)ccc1B3c1sc3c(c1N2c1ccccc1)CCCC3. The predicted molar refractivity (Wildman–Crippen MR) is 270 cm³/mol. The van der Waals surface area contributed by atoms with Crippen LogP contribution in [0.3, 0.4) is 0 Å². The summed E-state index contributed by atoms with van der Waals surface area (Å²) in [5, 5.41) is 2.61. The van der Waals surface area contributed by atoms with E-state index in [1.165, 1.54) is 140 Å². The summed E-state index contributed by atoms with van der Waals surface area (Å²) in [6.07, 6.45) is 11.2. The summed E-state index contributed by atoms with van der Waals surface area (Å²) < 4.78 is 1.54. The lowest BCUT2D eigenvalue weighted by Crippen LogP contribution is -2.62. The lowest BCUT2D eigenvalue weighted by molar-refractivity contribution is 0.436. The number of hydrogen-bond acceptors (Lipinski definition) is 4. The molecule has 0 amide bonds. The molecule has 3 nitrogen and oxygen atoms in total. The second-order valence-electron chi connectivity index (χ2n) is 20.7. The molecule has 1 aromatic heterocycles. The molecule has 0 unspecified atom stereocenters. The van der Waals surface area contributed by atoms with E-state index in [-0.39, 0.29) is 17.5 Å². The molecule has 4 aliphatic rings. The number of anilines is 8. The third kappa shape index (κ3) is 6.44. The predicted octanol–water partition coefficient (Wildman–Crippen LogP) is 14.2. The molecule has 3 heterocycles. The first-order valence-corrected chi connectivity index (χ1v) is 24.3. The highest BCUT2D eigenvalue weighted by molar-refractivity contribution is 7.29. The Bertz CT molecular complexity index is 2840. The zero-order valence-corrected chi connectivity index (χ0v) is 38.6. The van der Waals surface area contributed by atoms with E-state index in [4.69, 9.17) is 0 Å². The van der Waals surface area contributed by atoms with Gasteiger partial charge in [-0.25, -0.2) is 0 Å². The molecule has 0 saturated heterocycles. The average molecular weight is 830 g/mol. The maximum Gasteiger partial charge on any atom is 0.264 e. The maximum atomic E-state index is 2.84. The molecule has 0 radical (unpaired) electrons. The van der Waals surface area contributed by atoms with Crippen molar-refractivity contribution in [3.8, 4) is 0 Å². The van der Waals surface area contributed by atoms with Crippen molar-refractivity contribution in [1.29, 1.82) is 0 Å². The highest BCUT2D eigenvalue weighted by Crippen LogP contribution is 2.50. The number of para-hydroxylation sites is 1. The van der Waals surface area contributed by atoms with Gasteiger partial charge in [0, 0.05) is 55.2 Å². The van der Waals surface area contributed by atoms with Crippen LogP contribution < -0.4 is 30.4 Å². The molecule has 0 atom stereocenters. The van der Waals surface area contributed by atoms with Crippen LogP contribution in [0.5, 0.6) is 0 Å².